The third kappa shape index (κ3) is 3.94. The molecule has 3 rings (SSSR count). The molecule has 2 aromatic rings. The lowest BCUT2D eigenvalue weighted by Gasteiger charge is -2.16. The molecule has 0 unspecified atom stereocenters. The summed E-state index contributed by atoms with van der Waals surface area (Å²) < 4.78 is 12.9. The normalized spacial score (nSPS) is 26.0. The van der Waals surface area contributed by atoms with E-state index < -0.39 is 24.5 Å². The third-order valence-electron chi connectivity index (χ3n) is 4.52. The second kappa shape index (κ2) is 8.69. The Balaban J connectivity index is 1.56. The molecule has 1 aliphatic rings. The summed E-state index contributed by atoms with van der Waals surface area (Å²) in [5.41, 5.74) is 12.1. The summed E-state index contributed by atoms with van der Waals surface area (Å²) in [5.74, 6) is 0.247. The highest BCUT2D eigenvalue weighted by molar-refractivity contribution is 5.81. The highest BCUT2D eigenvalue weighted by Gasteiger charge is 2.44. The van der Waals surface area contributed by atoms with E-state index in [1.54, 1.807) is 4.57 Å². The number of ether oxygens (including phenoxy) is 2. The van der Waals surface area contributed by atoms with Crippen LogP contribution in [0.5, 0.6) is 0 Å². The van der Waals surface area contributed by atoms with E-state index in [0.717, 1.165) is 25.7 Å². The van der Waals surface area contributed by atoms with Gasteiger partial charge in [-0.15, -0.1) is 0 Å². The molecule has 0 aromatic carbocycles. The van der Waals surface area contributed by atoms with Crippen LogP contribution in [-0.2, 0) is 9.47 Å². The Hall–Kier alpha value is -1.85. The molecule has 0 saturated carbocycles. The number of aromatic nitrogens is 4. The average Bonchev–Trinajstić information content (AvgIpc) is 3.18. The number of nitrogens with zero attached hydrogens (tertiary/aromatic N) is 4. The first kappa shape index (κ1) is 18.9. The largest absolute Gasteiger partial charge is 0.387 e. The van der Waals surface area contributed by atoms with Gasteiger partial charge in [0.15, 0.2) is 17.7 Å². The lowest BCUT2D eigenvalue weighted by molar-refractivity contribution is -0.0657. The van der Waals surface area contributed by atoms with Crippen molar-refractivity contribution in [3.05, 3.63) is 12.7 Å². The van der Waals surface area contributed by atoms with Gasteiger partial charge >= 0.3 is 0 Å². The van der Waals surface area contributed by atoms with Crippen LogP contribution in [0, 0.1) is 0 Å². The highest BCUT2D eigenvalue weighted by atomic mass is 16.6. The number of nitrogen functional groups attached to an aromatic ring is 1. The van der Waals surface area contributed by atoms with Gasteiger partial charge in [0.05, 0.1) is 12.9 Å². The van der Waals surface area contributed by atoms with Crippen LogP contribution >= 0.6 is 0 Å². The van der Waals surface area contributed by atoms with Gasteiger partial charge in [0, 0.05) is 6.61 Å². The number of hydrogen-bond acceptors (Lipinski definition) is 9. The van der Waals surface area contributed by atoms with E-state index >= 15 is 0 Å². The Morgan fingerprint density at radius 2 is 1.92 bits per heavy atom. The predicted octanol–water partition coefficient (Wildman–Crippen LogP) is -0.437. The fraction of sp³-hybridized carbons (Fsp3) is 0.688. The molecule has 0 aliphatic carbocycles. The predicted molar refractivity (Wildman–Crippen MR) is 94.0 cm³/mol. The lowest BCUT2D eigenvalue weighted by Crippen LogP contribution is -2.33. The molecule has 3 heterocycles. The molecule has 0 bridgehead atoms. The van der Waals surface area contributed by atoms with E-state index in [4.69, 9.17) is 20.9 Å². The van der Waals surface area contributed by atoms with Gasteiger partial charge in [0.2, 0.25) is 0 Å². The Labute approximate surface area is 151 Å². The van der Waals surface area contributed by atoms with Gasteiger partial charge < -0.3 is 31.2 Å². The quantitative estimate of drug-likeness (QED) is 0.432. The molecule has 6 N–H and O–H groups in total. The minimum absolute atomic E-state index is 0.204. The number of aliphatic hydroxyl groups excluding tert-OH is 2. The van der Waals surface area contributed by atoms with Crippen molar-refractivity contribution in [2.45, 2.75) is 50.2 Å². The van der Waals surface area contributed by atoms with Crippen molar-refractivity contribution in [3.63, 3.8) is 0 Å². The lowest BCUT2D eigenvalue weighted by atomic mass is 10.1. The van der Waals surface area contributed by atoms with Crippen LogP contribution in [0.2, 0.25) is 0 Å². The fourth-order valence-corrected chi connectivity index (χ4v) is 3.05. The molecule has 1 saturated heterocycles. The van der Waals surface area contributed by atoms with Crippen LogP contribution in [0.15, 0.2) is 12.7 Å². The first-order valence-corrected chi connectivity index (χ1v) is 8.86. The fourth-order valence-electron chi connectivity index (χ4n) is 3.05. The number of anilines is 1. The molecule has 10 nitrogen and oxygen atoms in total. The molecule has 4 atom stereocenters. The zero-order chi connectivity index (χ0) is 18.5. The molecule has 2 aromatic heterocycles. The van der Waals surface area contributed by atoms with Crippen LogP contribution in [-0.4, -0.2) is 67.8 Å². The van der Waals surface area contributed by atoms with Gasteiger partial charge in [-0.1, -0.05) is 12.8 Å². The molecule has 10 heteroatoms. The number of fused-ring (bicyclic) bond motifs is 1. The van der Waals surface area contributed by atoms with Gasteiger partial charge in [-0.05, 0) is 19.4 Å². The Morgan fingerprint density at radius 1 is 1.12 bits per heavy atom. The summed E-state index contributed by atoms with van der Waals surface area (Å²) in [6.07, 6.45) is 3.24. The summed E-state index contributed by atoms with van der Waals surface area (Å²) in [7, 11) is 0. The maximum atomic E-state index is 10.4. The first-order chi connectivity index (χ1) is 12.6. The van der Waals surface area contributed by atoms with Crippen molar-refractivity contribution in [1.29, 1.82) is 0 Å². The van der Waals surface area contributed by atoms with Crippen LogP contribution in [0.1, 0.15) is 31.9 Å². The van der Waals surface area contributed by atoms with E-state index in [2.05, 4.69) is 15.0 Å². The van der Waals surface area contributed by atoms with Crippen molar-refractivity contribution in [2.75, 3.05) is 25.5 Å². The van der Waals surface area contributed by atoms with Gasteiger partial charge in [0.25, 0.3) is 0 Å². The van der Waals surface area contributed by atoms with Crippen molar-refractivity contribution >= 4 is 17.0 Å². The Kier molecular flexibility index (Phi) is 6.33. The monoisotopic (exact) mass is 366 g/mol. The van der Waals surface area contributed by atoms with Crippen molar-refractivity contribution in [3.8, 4) is 0 Å². The summed E-state index contributed by atoms with van der Waals surface area (Å²) in [6, 6.07) is 0. The van der Waals surface area contributed by atoms with E-state index in [-0.39, 0.29) is 12.4 Å². The third-order valence-corrected chi connectivity index (χ3v) is 4.52. The maximum Gasteiger partial charge on any atom is 0.167 e. The number of hydrogen-bond donors (Lipinski definition) is 4. The zero-order valence-corrected chi connectivity index (χ0v) is 14.6. The summed E-state index contributed by atoms with van der Waals surface area (Å²) in [5, 5.41) is 20.6. The number of unbranched alkanes of at least 4 members (excludes halogenated alkanes) is 3. The van der Waals surface area contributed by atoms with Gasteiger partial charge in [-0.2, -0.15) is 0 Å². The second-order valence-corrected chi connectivity index (χ2v) is 6.41. The molecule has 0 spiro atoms. The van der Waals surface area contributed by atoms with Gasteiger partial charge in [-0.3, -0.25) is 4.57 Å². The van der Waals surface area contributed by atoms with Crippen molar-refractivity contribution < 1.29 is 19.7 Å². The molecule has 0 amide bonds. The van der Waals surface area contributed by atoms with Gasteiger partial charge in [-0.25, -0.2) is 15.0 Å². The summed E-state index contributed by atoms with van der Waals surface area (Å²) in [4.78, 5) is 12.2. The molecule has 0 radical (unpaired) electrons. The first-order valence-electron chi connectivity index (χ1n) is 8.86. The summed E-state index contributed by atoms with van der Waals surface area (Å²) in [6.45, 7) is 1.49. The Bertz CT molecular complexity index is 711. The van der Waals surface area contributed by atoms with E-state index in [9.17, 15) is 10.2 Å². The summed E-state index contributed by atoms with van der Waals surface area (Å²) >= 11 is 0. The smallest absolute Gasteiger partial charge is 0.167 e. The number of rotatable bonds is 9. The molecular weight excluding hydrogens is 340 g/mol. The maximum absolute atomic E-state index is 10.4. The Morgan fingerprint density at radius 3 is 2.73 bits per heavy atom. The number of aliphatic hydroxyl groups is 2. The average molecular weight is 366 g/mol. The van der Waals surface area contributed by atoms with Crippen molar-refractivity contribution in [2.24, 2.45) is 5.73 Å². The zero-order valence-electron chi connectivity index (χ0n) is 14.6. The minimum Gasteiger partial charge on any atom is -0.387 e. The standard InChI is InChI=1S/C16H26N6O4/c17-5-3-1-2-4-6-25-7-10-12(23)13(24)16(26-10)22-9-21-11-14(18)19-8-20-15(11)22/h8-10,12-13,16,23-24H,1-7,17H2,(H2,18,19,20)/t10-,12-,13-,16-/m1/s1. The number of imidazole rings is 1. The molecular formula is C16H26N6O4. The minimum atomic E-state index is -1.12. The molecule has 1 fully saturated rings. The SMILES string of the molecule is NCCCCCCOC[C@H]1O[C@@H](n2cnc3c(N)ncnc32)[C@H](O)[C@@H]1O. The van der Waals surface area contributed by atoms with E-state index in [1.165, 1.54) is 12.7 Å². The second-order valence-electron chi connectivity index (χ2n) is 6.41. The topological polar surface area (TPSA) is 155 Å². The van der Waals surface area contributed by atoms with E-state index in [0.29, 0.717) is 24.3 Å². The highest BCUT2D eigenvalue weighted by Crippen LogP contribution is 2.32. The van der Waals surface area contributed by atoms with Crippen LogP contribution < -0.4 is 11.5 Å². The number of nitrogens with two attached hydrogens (primary N) is 2. The van der Waals surface area contributed by atoms with Crippen LogP contribution in [0.4, 0.5) is 5.82 Å². The molecule has 1 aliphatic heterocycles. The molecule has 144 valence electrons. The van der Waals surface area contributed by atoms with Crippen molar-refractivity contribution in [1.82, 2.24) is 19.5 Å². The van der Waals surface area contributed by atoms with Gasteiger partial charge in [0.1, 0.15) is 30.2 Å². The van der Waals surface area contributed by atoms with Crippen LogP contribution in [0.25, 0.3) is 11.2 Å². The van der Waals surface area contributed by atoms with Crippen LogP contribution in [0.3, 0.4) is 0 Å². The van der Waals surface area contributed by atoms with E-state index in [1.807, 2.05) is 0 Å². The molecule has 26 heavy (non-hydrogen) atoms.